The van der Waals surface area contributed by atoms with Gasteiger partial charge in [-0.1, -0.05) is 31.2 Å². The maximum atomic E-state index is 13.1. The maximum absolute atomic E-state index is 13.1. The minimum Gasteiger partial charge on any atom is -0.381 e. The Labute approximate surface area is 167 Å². The largest absolute Gasteiger partial charge is 0.381 e. The van der Waals surface area contributed by atoms with Crippen LogP contribution in [0.4, 0.5) is 0 Å². The van der Waals surface area contributed by atoms with Gasteiger partial charge in [-0.2, -0.15) is 0 Å². The van der Waals surface area contributed by atoms with E-state index in [9.17, 15) is 4.79 Å². The van der Waals surface area contributed by atoms with Crippen LogP contribution in [0.3, 0.4) is 0 Å². The molecule has 0 spiro atoms. The summed E-state index contributed by atoms with van der Waals surface area (Å²) in [5.41, 5.74) is 3.06. The van der Waals surface area contributed by atoms with Crippen LogP contribution < -0.4 is 5.32 Å². The van der Waals surface area contributed by atoms with Crippen molar-refractivity contribution in [1.29, 1.82) is 0 Å². The molecular formula is C23H30N2O3. The Hall–Kier alpha value is -2.24. The van der Waals surface area contributed by atoms with E-state index < -0.39 is 5.41 Å². The fourth-order valence-electron chi connectivity index (χ4n) is 3.78. The molecule has 1 aliphatic heterocycles. The topological polar surface area (TPSA) is 60.5 Å². The van der Waals surface area contributed by atoms with Crippen LogP contribution in [-0.4, -0.2) is 43.9 Å². The number of benzene rings is 1. The fourth-order valence-corrected chi connectivity index (χ4v) is 3.78. The molecule has 1 atom stereocenters. The van der Waals surface area contributed by atoms with Crippen molar-refractivity contribution < 1.29 is 14.3 Å². The van der Waals surface area contributed by atoms with Gasteiger partial charge < -0.3 is 14.8 Å². The van der Waals surface area contributed by atoms with E-state index in [1.807, 2.05) is 12.1 Å². The standard InChI is InChI=1S/C23H30N2O3/c1-3-21(27-2)17-25-22(26)23(10-14-28-15-11-23)16-18-4-6-19(7-5-18)20-8-12-24-13-9-20/h4-9,12-13,21H,3,10-11,14-17H2,1-2H3,(H,25,26)/t21-/m1/s1. The van der Waals surface area contributed by atoms with E-state index >= 15 is 0 Å². The molecular weight excluding hydrogens is 352 g/mol. The van der Waals surface area contributed by atoms with Gasteiger partial charge in [-0.15, -0.1) is 0 Å². The van der Waals surface area contributed by atoms with Crippen molar-refractivity contribution in [3.05, 3.63) is 54.4 Å². The molecule has 5 nitrogen and oxygen atoms in total. The number of nitrogens with zero attached hydrogens (tertiary/aromatic N) is 1. The fraction of sp³-hybridized carbons (Fsp3) is 0.478. The first-order chi connectivity index (χ1) is 13.7. The quantitative estimate of drug-likeness (QED) is 0.757. The highest BCUT2D eigenvalue weighted by atomic mass is 16.5. The first-order valence-electron chi connectivity index (χ1n) is 10.0. The second-order valence-corrected chi connectivity index (χ2v) is 7.48. The first-order valence-corrected chi connectivity index (χ1v) is 10.0. The van der Waals surface area contributed by atoms with Gasteiger partial charge in [0.05, 0.1) is 11.5 Å². The molecule has 1 aromatic heterocycles. The third-order valence-corrected chi connectivity index (χ3v) is 5.72. The highest BCUT2D eigenvalue weighted by Gasteiger charge is 2.40. The number of amides is 1. The Morgan fingerprint density at radius 1 is 1.14 bits per heavy atom. The molecule has 0 bridgehead atoms. The number of rotatable bonds is 8. The molecule has 0 radical (unpaired) electrons. The third kappa shape index (κ3) is 4.97. The van der Waals surface area contributed by atoms with Gasteiger partial charge in [0.1, 0.15) is 0 Å². The van der Waals surface area contributed by atoms with Gasteiger partial charge in [-0.25, -0.2) is 0 Å². The van der Waals surface area contributed by atoms with Crippen LogP contribution in [0.1, 0.15) is 31.7 Å². The molecule has 2 aromatic rings. The van der Waals surface area contributed by atoms with E-state index in [0.29, 0.717) is 19.8 Å². The highest BCUT2D eigenvalue weighted by Crippen LogP contribution is 2.35. The van der Waals surface area contributed by atoms with Crippen LogP contribution in [0.15, 0.2) is 48.8 Å². The summed E-state index contributed by atoms with van der Waals surface area (Å²) in [6.07, 6.45) is 6.75. The molecule has 1 N–H and O–H groups in total. The lowest BCUT2D eigenvalue weighted by molar-refractivity contribution is -0.137. The predicted molar refractivity (Wildman–Crippen MR) is 110 cm³/mol. The number of hydrogen-bond donors (Lipinski definition) is 1. The molecule has 1 fully saturated rings. The van der Waals surface area contributed by atoms with Gasteiger partial charge in [0.2, 0.25) is 5.91 Å². The van der Waals surface area contributed by atoms with E-state index in [2.05, 4.69) is 41.5 Å². The summed E-state index contributed by atoms with van der Waals surface area (Å²) >= 11 is 0. The van der Waals surface area contributed by atoms with E-state index in [1.54, 1.807) is 19.5 Å². The number of hydrogen-bond acceptors (Lipinski definition) is 4. The van der Waals surface area contributed by atoms with Crippen molar-refractivity contribution in [2.24, 2.45) is 5.41 Å². The number of methoxy groups -OCH3 is 1. The average molecular weight is 383 g/mol. The molecule has 1 amide bonds. The van der Waals surface area contributed by atoms with Crippen LogP contribution in [0.25, 0.3) is 11.1 Å². The lowest BCUT2D eigenvalue weighted by Crippen LogP contribution is -2.48. The number of ether oxygens (including phenoxy) is 2. The van der Waals surface area contributed by atoms with Gasteiger partial charge in [0.15, 0.2) is 0 Å². The third-order valence-electron chi connectivity index (χ3n) is 5.72. The zero-order valence-electron chi connectivity index (χ0n) is 16.8. The average Bonchev–Trinajstić information content (AvgIpc) is 2.76. The molecule has 150 valence electrons. The zero-order valence-corrected chi connectivity index (χ0v) is 16.8. The maximum Gasteiger partial charge on any atom is 0.226 e. The number of aromatic nitrogens is 1. The van der Waals surface area contributed by atoms with Crippen LogP contribution in [-0.2, 0) is 20.7 Å². The first kappa shape index (κ1) is 20.5. The SMILES string of the molecule is CC[C@H](CNC(=O)C1(Cc2ccc(-c3ccncc3)cc2)CCOCC1)OC. The summed E-state index contributed by atoms with van der Waals surface area (Å²) in [4.78, 5) is 17.2. The number of pyridine rings is 1. The van der Waals surface area contributed by atoms with Crippen molar-refractivity contribution in [3.63, 3.8) is 0 Å². The number of carbonyl (C=O) groups is 1. The van der Waals surface area contributed by atoms with Gasteiger partial charge >= 0.3 is 0 Å². The molecule has 1 aromatic carbocycles. The molecule has 28 heavy (non-hydrogen) atoms. The lowest BCUT2D eigenvalue weighted by Gasteiger charge is -2.36. The monoisotopic (exact) mass is 382 g/mol. The molecule has 1 saturated heterocycles. The molecule has 3 rings (SSSR count). The van der Waals surface area contributed by atoms with Gasteiger partial charge in [0.25, 0.3) is 0 Å². The minimum atomic E-state index is -0.414. The van der Waals surface area contributed by atoms with Crippen LogP contribution in [0.5, 0.6) is 0 Å². The number of nitrogens with one attached hydrogen (secondary N) is 1. The van der Waals surface area contributed by atoms with Crippen molar-refractivity contribution >= 4 is 5.91 Å². The zero-order chi connectivity index (χ0) is 19.8. The summed E-state index contributed by atoms with van der Waals surface area (Å²) < 4.78 is 10.9. The van der Waals surface area contributed by atoms with Gasteiger partial charge in [-0.05, 0) is 54.5 Å². The summed E-state index contributed by atoms with van der Waals surface area (Å²) in [5, 5.41) is 3.13. The summed E-state index contributed by atoms with van der Waals surface area (Å²) in [6, 6.07) is 12.5. The smallest absolute Gasteiger partial charge is 0.226 e. The van der Waals surface area contributed by atoms with E-state index in [1.165, 1.54) is 5.56 Å². The van der Waals surface area contributed by atoms with Crippen molar-refractivity contribution in [2.75, 3.05) is 26.9 Å². The Morgan fingerprint density at radius 2 is 1.79 bits per heavy atom. The Morgan fingerprint density at radius 3 is 2.39 bits per heavy atom. The van der Waals surface area contributed by atoms with Crippen molar-refractivity contribution in [2.45, 2.75) is 38.7 Å². The van der Waals surface area contributed by atoms with Crippen LogP contribution >= 0.6 is 0 Å². The Kier molecular flexibility index (Phi) is 7.18. The predicted octanol–water partition coefficient (Wildman–Crippen LogP) is 3.63. The summed E-state index contributed by atoms with van der Waals surface area (Å²) in [7, 11) is 1.69. The second kappa shape index (κ2) is 9.80. The van der Waals surface area contributed by atoms with Crippen LogP contribution in [0, 0.1) is 5.41 Å². The Bertz CT molecular complexity index is 736. The Balaban J connectivity index is 1.72. The van der Waals surface area contributed by atoms with Crippen molar-refractivity contribution in [1.82, 2.24) is 10.3 Å². The highest BCUT2D eigenvalue weighted by molar-refractivity contribution is 5.83. The van der Waals surface area contributed by atoms with Gasteiger partial charge in [-0.3, -0.25) is 9.78 Å². The van der Waals surface area contributed by atoms with E-state index in [-0.39, 0.29) is 12.0 Å². The second-order valence-electron chi connectivity index (χ2n) is 7.48. The van der Waals surface area contributed by atoms with Crippen LogP contribution in [0.2, 0.25) is 0 Å². The molecule has 2 heterocycles. The molecule has 5 heteroatoms. The molecule has 0 unspecified atom stereocenters. The van der Waals surface area contributed by atoms with Crippen molar-refractivity contribution in [3.8, 4) is 11.1 Å². The van der Waals surface area contributed by atoms with E-state index in [4.69, 9.17) is 9.47 Å². The number of carbonyl (C=O) groups excluding carboxylic acids is 1. The lowest BCUT2D eigenvalue weighted by atomic mass is 9.74. The summed E-state index contributed by atoms with van der Waals surface area (Å²) in [6.45, 7) is 3.87. The van der Waals surface area contributed by atoms with Gasteiger partial charge in [0, 0.05) is 39.3 Å². The summed E-state index contributed by atoms with van der Waals surface area (Å²) in [5.74, 6) is 0.115. The molecule has 1 aliphatic rings. The normalized spacial score (nSPS) is 17.1. The van der Waals surface area contributed by atoms with E-state index in [0.717, 1.165) is 36.8 Å². The minimum absolute atomic E-state index is 0.0560. The molecule has 0 saturated carbocycles. The molecule has 0 aliphatic carbocycles.